The van der Waals surface area contributed by atoms with E-state index in [0.29, 0.717) is 5.82 Å². The van der Waals surface area contributed by atoms with Gasteiger partial charge in [-0.2, -0.15) is 5.10 Å². The van der Waals surface area contributed by atoms with Crippen molar-refractivity contribution in [3.63, 3.8) is 0 Å². The highest BCUT2D eigenvalue weighted by Crippen LogP contribution is 2.22. The summed E-state index contributed by atoms with van der Waals surface area (Å²) >= 11 is 0. The number of aromatic nitrogens is 3. The minimum absolute atomic E-state index is 0.135. The molecule has 96 valence electrons. The lowest BCUT2D eigenvalue weighted by Gasteiger charge is -2.07. The number of nitrogen functional groups attached to an aromatic ring is 1. The Hall–Kier alpha value is -1.89. The van der Waals surface area contributed by atoms with Gasteiger partial charge in [0.2, 0.25) is 0 Å². The number of hydrogen-bond donors (Lipinski definition) is 1. The van der Waals surface area contributed by atoms with E-state index in [1.165, 1.54) is 17.1 Å². The van der Waals surface area contributed by atoms with E-state index in [2.05, 4.69) is 10.1 Å². The van der Waals surface area contributed by atoms with Gasteiger partial charge in [0.15, 0.2) is 9.84 Å². The molecule has 0 saturated heterocycles. The maximum absolute atomic E-state index is 12.2. The third-order valence-electron chi connectivity index (χ3n) is 2.62. The van der Waals surface area contributed by atoms with Crippen LogP contribution in [0.4, 0.5) is 5.69 Å². The molecule has 0 atom stereocenters. The molecule has 0 amide bonds. The van der Waals surface area contributed by atoms with Crippen LogP contribution in [0.5, 0.6) is 0 Å². The zero-order valence-corrected chi connectivity index (χ0v) is 11.0. The highest BCUT2D eigenvalue weighted by molar-refractivity contribution is 7.90. The van der Waals surface area contributed by atoms with Gasteiger partial charge >= 0.3 is 0 Å². The second-order valence-electron chi connectivity index (χ2n) is 4.10. The van der Waals surface area contributed by atoms with Crippen LogP contribution in [0.25, 0.3) is 0 Å². The molecule has 0 radical (unpaired) electrons. The van der Waals surface area contributed by atoms with Crippen LogP contribution in [0.2, 0.25) is 0 Å². The smallest absolute Gasteiger partial charge is 0.187 e. The SMILES string of the molecule is Cc1ccc(S(=O)(=O)Cc2ncnn2C)c(N)c1. The van der Waals surface area contributed by atoms with Gasteiger partial charge in [0.05, 0.1) is 10.6 Å². The van der Waals surface area contributed by atoms with Crippen molar-refractivity contribution < 1.29 is 8.42 Å². The number of anilines is 1. The molecule has 7 heteroatoms. The molecule has 0 unspecified atom stereocenters. The predicted octanol–water partition coefficient (Wildman–Crippen LogP) is 0.680. The Morgan fingerprint density at radius 2 is 2.11 bits per heavy atom. The van der Waals surface area contributed by atoms with Gasteiger partial charge in [0, 0.05) is 7.05 Å². The molecule has 0 fully saturated rings. The number of nitrogens with zero attached hydrogens (tertiary/aromatic N) is 3. The maximum Gasteiger partial charge on any atom is 0.187 e. The molecule has 1 heterocycles. The summed E-state index contributed by atoms with van der Waals surface area (Å²) in [5.74, 6) is 0.173. The van der Waals surface area contributed by atoms with Crippen LogP contribution in [0.3, 0.4) is 0 Å². The Labute approximate surface area is 105 Å². The molecule has 18 heavy (non-hydrogen) atoms. The summed E-state index contributed by atoms with van der Waals surface area (Å²) in [7, 11) is -1.85. The zero-order chi connectivity index (χ0) is 13.3. The molecule has 1 aromatic heterocycles. The Kier molecular flexibility index (Phi) is 3.08. The van der Waals surface area contributed by atoms with Crippen LogP contribution in [0, 0.1) is 6.92 Å². The molecule has 6 nitrogen and oxygen atoms in total. The molecule has 2 aromatic rings. The molecular weight excluding hydrogens is 252 g/mol. The summed E-state index contributed by atoms with van der Waals surface area (Å²) in [6.45, 7) is 1.86. The highest BCUT2D eigenvalue weighted by Gasteiger charge is 2.20. The quantitative estimate of drug-likeness (QED) is 0.825. The summed E-state index contributed by atoms with van der Waals surface area (Å²) in [6.07, 6.45) is 1.32. The van der Waals surface area contributed by atoms with Crippen molar-refractivity contribution in [2.45, 2.75) is 17.6 Å². The van der Waals surface area contributed by atoms with E-state index >= 15 is 0 Å². The molecule has 0 spiro atoms. The molecule has 0 saturated carbocycles. The first-order valence-electron chi connectivity index (χ1n) is 5.32. The normalized spacial score (nSPS) is 11.7. The van der Waals surface area contributed by atoms with E-state index in [1.807, 2.05) is 6.92 Å². The van der Waals surface area contributed by atoms with E-state index in [4.69, 9.17) is 5.73 Å². The van der Waals surface area contributed by atoms with Crippen LogP contribution >= 0.6 is 0 Å². The van der Waals surface area contributed by atoms with Crippen LogP contribution in [0.15, 0.2) is 29.4 Å². The number of rotatable bonds is 3. The largest absolute Gasteiger partial charge is 0.398 e. The molecule has 0 aliphatic heterocycles. The average Bonchev–Trinajstić information content (AvgIpc) is 2.63. The fraction of sp³-hybridized carbons (Fsp3) is 0.273. The van der Waals surface area contributed by atoms with Crippen LogP contribution in [-0.4, -0.2) is 23.2 Å². The van der Waals surface area contributed by atoms with Crippen molar-refractivity contribution in [3.8, 4) is 0 Å². The van der Waals surface area contributed by atoms with E-state index in [9.17, 15) is 8.42 Å². The first-order chi connectivity index (χ1) is 8.40. The van der Waals surface area contributed by atoms with Crippen molar-refractivity contribution >= 4 is 15.5 Å². The first-order valence-corrected chi connectivity index (χ1v) is 6.97. The maximum atomic E-state index is 12.2. The Bertz CT molecular complexity index is 676. The topological polar surface area (TPSA) is 90.9 Å². The third-order valence-corrected chi connectivity index (χ3v) is 4.30. The Morgan fingerprint density at radius 3 is 2.67 bits per heavy atom. The zero-order valence-electron chi connectivity index (χ0n) is 10.2. The average molecular weight is 266 g/mol. The van der Waals surface area contributed by atoms with E-state index in [1.54, 1.807) is 19.2 Å². The van der Waals surface area contributed by atoms with E-state index in [0.717, 1.165) is 5.56 Å². The van der Waals surface area contributed by atoms with Crippen LogP contribution < -0.4 is 5.73 Å². The van der Waals surface area contributed by atoms with Crippen molar-refractivity contribution in [3.05, 3.63) is 35.9 Å². The third kappa shape index (κ3) is 2.35. The second kappa shape index (κ2) is 4.41. The van der Waals surface area contributed by atoms with Gasteiger partial charge in [0.25, 0.3) is 0 Å². The van der Waals surface area contributed by atoms with Gasteiger partial charge in [0.1, 0.15) is 17.9 Å². The lowest BCUT2D eigenvalue weighted by atomic mass is 10.2. The van der Waals surface area contributed by atoms with Gasteiger partial charge in [-0.3, -0.25) is 4.68 Å². The number of hydrogen-bond acceptors (Lipinski definition) is 5. The first kappa shape index (κ1) is 12.6. The van der Waals surface area contributed by atoms with Crippen molar-refractivity contribution in [1.82, 2.24) is 14.8 Å². The number of sulfone groups is 1. The number of aryl methyl sites for hydroxylation is 2. The molecule has 2 rings (SSSR count). The molecule has 0 bridgehead atoms. The molecule has 1 aromatic carbocycles. The fourth-order valence-corrected chi connectivity index (χ4v) is 3.10. The predicted molar refractivity (Wildman–Crippen MR) is 67.5 cm³/mol. The molecule has 2 N–H and O–H groups in total. The number of benzene rings is 1. The number of nitrogens with two attached hydrogens (primary N) is 1. The van der Waals surface area contributed by atoms with Crippen molar-refractivity contribution in [1.29, 1.82) is 0 Å². The second-order valence-corrected chi connectivity index (χ2v) is 6.06. The van der Waals surface area contributed by atoms with Gasteiger partial charge in [-0.1, -0.05) is 6.07 Å². The summed E-state index contributed by atoms with van der Waals surface area (Å²) in [4.78, 5) is 4.04. The minimum Gasteiger partial charge on any atom is -0.398 e. The monoisotopic (exact) mass is 266 g/mol. The van der Waals surface area contributed by atoms with Gasteiger partial charge < -0.3 is 5.73 Å². The summed E-state index contributed by atoms with van der Waals surface area (Å²) < 4.78 is 25.9. The van der Waals surface area contributed by atoms with Crippen molar-refractivity contribution in [2.75, 3.05) is 5.73 Å². The van der Waals surface area contributed by atoms with Gasteiger partial charge in [-0.15, -0.1) is 0 Å². The molecule has 0 aliphatic rings. The Balaban J connectivity index is 2.40. The summed E-state index contributed by atoms with van der Waals surface area (Å²) in [5, 5.41) is 3.84. The van der Waals surface area contributed by atoms with Crippen LogP contribution in [-0.2, 0) is 22.6 Å². The lowest BCUT2D eigenvalue weighted by Crippen LogP contribution is -2.11. The highest BCUT2D eigenvalue weighted by atomic mass is 32.2. The van der Waals surface area contributed by atoms with E-state index in [-0.39, 0.29) is 16.3 Å². The Morgan fingerprint density at radius 1 is 1.39 bits per heavy atom. The minimum atomic E-state index is -3.50. The molecule has 0 aliphatic carbocycles. The van der Waals surface area contributed by atoms with Crippen molar-refractivity contribution in [2.24, 2.45) is 7.05 Å². The lowest BCUT2D eigenvalue weighted by molar-refractivity contribution is 0.591. The van der Waals surface area contributed by atoms with E-state index < -0.39 is 9.84 Å². The standard InChI is InChI=1S/C11H14N4O2S/c1-8-3-4-10(9(12)5-8)18(16,17)6-11-13-7-14-15(11)2/h3-5,7H,6,12H2,1-2H3. The van der Waals surface area contributed by atoms with Gasteiger partial charge in [-0.25, -0.2) is 13.4 Å². The van der Waals surface area contributed by atoms with Gasteiger partial charge in [-0.05, 0) is 24.6 Å². The molecular formula is C11H14N4O2S. The fourth-order valence-electron chi connectivity index (χ4n) is 1.65. The van der Waals surface area contributed by atoms with Crippen LogP contribution in [0.1, 0.15) is 11.4 Å². The summed E-state index contributed by atoms with van der Waals surface area (Å²) in [5.41, 5.74) is 6.94. The summed E-state index contributed by atoms with van der Waals surface area (Å²) in [6, 6.07) is 4.89.